The molecule has 5 heteroatoms. The van der Waals surface area contributed by atoms with E-state index in [-0.39, 0.29) is 5.54 Å². The molecule has 0 atom stereocenters. The molecule has 1 N–H and O–H groups in total. The number of aromatic nitrogens is 2. The zero-order valence-corrected chi connectivity index (χ0v) is 12.1. The van der Waals surface area contributed by atoms with Crippen LogP contribution in [0.25, 0.3) is 0 Å². The first kappa shape index (κ1) is 15.0. The molecule has 0 spiro atoms. The summed E-state index contributed by atoms with van der Waals surface area (Å²) in [5, 5.41) is 3.40. The minimum atomic E-state index is -0.113. The van der Waals surface area contributed by atoms with Gasteiger partial charge in [0.2, 0.25) is 5.88 Å². The molecule has 0 unspecified atom stereocenters. The second kappa shape index (κ2) is 7.41. The van der Waals surface area contributed by atoms with Crippen LogP contribution < -0.4 is 10.1 Å². The van der Waals surface area contributed by atoms with Crippen molar-refractivity contribution in [3.8, 4) is 5.88 Å². The third kappa shape index (κ3) is 4.02. The fraction of sp³-hybridized carbons (Fsp3) is 0.692. The summed E-state index contributed by atoms with van der Waals surface area (Å²) in [7, 11) is 0. The number of alkyl halides is 1. The van der Waals surface area contributed by atoms with Gasteiger partial charge in [0, 0.05) is 11.9 Å². The van der Waals surface area contributed by atoms with Crippen LogP contribution in [0.3, 0.4) is 0 Å². The summed E-state index contributed by atoms with van der Waals surface area (Å²) in [6.07, 6.45) is 4.37. The van der Waals surface area contributed by atoms with E-state index in [4.69, 9.17) is 16.3 Å². The van der Waals surface area contributed by atoms with Gasteiger partial charge in [-0.2, -0.15) is 0 Å². The van der Waals surface area contributed by atoms with E-state index in [1.807, 2.05) is 6.07 Å². The van der Waals surface area contributed by atoms with Crippen molar-refractivity contribution in [1.29, 1.82) is 0 Å². The molecule has 0 aromatic carbocycles. The summed E-state index contributed by atoms with van der Waals surface area (Å²) in [4.78, 5) is 8.29. The fourth-order valence-corrected chi connectivity index (χ4v) is 2.06. The van der Waals surface area contributed by atoms with E-state index in [2.05, 4.69) is 36.1 Å². The van der Waals surface area contributed by atoms with Gasteiger partial charge in [0.15, 0.2) is 0 Å². The Bertz CT molecular complexity index is 348. The highest BCUT2D eigenvalue weighted by molar-refractivity contribution is 6.18. The van der Waals surface area contributed by atoms with Crippen molar-refractivity contribution in [3.63, 3.8) is 0 Å². The molecule has 0 aliphatic rings. The highest BCUT2D eigenvalue weighted by atomic mass is 35.5. The molecular weight excluding hydrogens is 250 g/mol. The first-order valence-corrected chi connectivity index (χ1v) is 7.02. The lowest BCUT2D eigenvalue weighted by Gasteiger charge is -2.31. The summed E-state index contributed by atoms with van der Waals surface area (Å²) in [5.74, 6) is 1.92. The lowest BCUT2D eigenvalue weighted by atomic mass is 9.95. The van der Waals surface area contributed by atoms with Gasteiger partial charge in [-0.15, -0.1) is 11.6 Å². The van der Waals surface area contributed by atoms with E-state index in [0.717, 1.165) is 25.1 Å². The van der Waals surface area contributed by atoms with Gasteiger partial charge in [0.1, 0.15) is 12.1 Å². The summed E-state index contributed by atoms with van der Waals surface area (Å²) in [6, 6.07) is 1.82. The van der Waals surface area contributed by atoms with Crippen LogP contribution in [0.1, 0.15) is 40.0 Å². The van der Waals surface area contributed by atoms with Crippen LogP contribution in [0.2, 0.25) is 0 Å². The largest absolute Gasteiger partial charge is 0.478 e. The van der Waals surface area contributed by atoms with Crippen LogP contribution in [0.5, 0.6) is 5.88 Å². The van der Waals surface area contributed by atoms with E-state index in [9.17, 15) is 0 Å². The van der Waals surface area contributed by atoms with Gasteiger partial charge in [0.05, 0.1) is 12.1 Å². The van der Waals surface area contributed by atoms with Gasteiger partial charge in [-0.1, -0.05) is 20.8 Å². The average Bonchev–Trinajstić information content (AvgIpc) is 2.43. The quantitative estimate of drug-likeness (QED) is 0.736. The van der Waals surface area contributed by atoms with E-state index in [0.29, 0.717) is 18.4 Å². The molecule has 0 saturated carbocycles. The third-order valence-electron chi connectivity index (χ3n) is 3.10. The molecule has 0 aliphatic carbocycles. The summed E-state index contributed by atoms with van der Waals surface area (Å²) in [5.41, 5.74) is -0.113. The number of ether oxygens (including phenoxy) is 1. The molecule has 102 valence electrons. The zero-order chi connectivity index (χ0) is 13.4. The number of hydrogen-bond acceptors (Lipinski definition) is 4. The third-order valence-corrected chi connectivity index (χ3v) is 3.61. The molecule has 0 amide bonds. The van der Waals surface area contributed by atoms with Gasteiger partial charge in [-0.25, -0.2) is 9.97 Å². The molecule has 1 heterocycles. The standard InChI is InChI=1S/C13H22ClN3O/c1-4-7-18-12-8-11(15-10-16-12)17-13(5-2,6-3)9-14/h8,10H,4-7,9H2,1-3H3,(H,15,16,17). The smallest absolute Gasteiger partial charge is 0.218 e. The Morgan fingerprint density at radius 1 is 1.28 bits per heavy atom. The second-order valence-corrected chi connectivity index (χ2v) is 4.60. The summed E-state index contributed by atoms with van der Waals surface area (Å²) >= 11 is 6.06. The molecule has 4 nitrogen and oxygen atoms in total. The van der Waals surface area contributed by atoms with Crippen LogP contribution in [0.15, 0.2) is 12.4 Å². The Hall–Kier alpha value is -1.03. The van der Waals surface area contributed by atoms with Crippen LogP contribution in [-0.4, -0.2) is 28.0 Å². The highest BCUT2D eigenvalue weighted by Gasteiger charge is 2.25. The highest BCUT2D eigenvalue weighted by Crippen LogP contribution is 2.23. The SMILES string of the molecule is CCCOc1cc(NC(CC)(CC)CCl)ncn1. The predicted octanol–water partition coefficient (Wildman–Crippen LogP) is 3.47. The average molecular weight is 272 g/mol. The molecular formula is C13H22ClN3O. The minimum absolute atomic E-state index is 0.113. The van der Waals surface area contributed by atoms with Gasteiger partial charge in [-0.05, 0) is 19.3 Å². The van der Waals surface area contributed by atoms with E-state index in [1.165, 1.54) is 6.33 Å². The Balaban J connectivity index is 2.77. The predicted molar refractivity (Wildman–Crippen MR) is 75.5 cm³/mol. The molecule has 1 aromatic rings. The molecule has 0 saturated heterocycles. The summed E-state index contributed by atoms with van der Waals surface area (Å²) < 4.78 is 5.49. The number of nitrogens with one attached hydrogen (secondary N) is 1. The van der Waals surface area contributed by atoms with E-state index >= 15 is 0 Å². The van der Waals surface area contributed by atoms with Crippen molar-refractivity contribution in [2.75, 3.05) is 17.8 Å². The van der Waals surface area contributed by atoms with Crippen molar-refractivity contribution in [2.24, 2.45) is 0 Å². The normalized spacial score (nSPS) is 11.3. The van der Waals surface area contributed by atoms with Crippen molar-refractivity contribution in [2.45, 2.75) is 45.6 Å². The molecule has 1 aromatic heterocycles. The van der Waals surface area contributed by atoms with Gasteiger partial charge in [0.25, 0.3) is 0 Å². The monoisotopic (exact) mass is 271 g/mol. The minimum Gasteiger partial charge on any atom is -0.478 e. The fourth-order valence-electron chi connectivity index (χ4n) is 1.61. The molecule has 18 heavy (non-hydrogen) atoms. The number of halogens is 1. The topological polar surface area (TPSA) is 47.0 Å². The maximum atomic E-state index is 6.06. The Morgan fingerprint density at radius 2 is 2.00 bits per heavy atom. The van der Waals surface area contributed by atoms with E-state index in [1.54, 1.807) is 0 Å². The molecule has 0 fully saturated rings. The Labute approximate surface area is 114 Å². The van der Waals surface area contributed by atoms with Crippen LogP contribution >= 0.6 is 11.6 Å². The number of anilines is 1. The van der Waals surface area contributed by atoms with Crippen LogP contribution in [-0.2, 0) is 0 Å². The second-order valence-electron chi connectivity index (χ2n) is 4.34. The lowest BCUT2D eigenvalue weighted by Crippen LogP contribution is -2.39. The Kier molecular flexibility index (Phi) is 6.19. The van der Waals surface area contributed by atoms with Crippen molar-refractivity contribution < 1.29 is 4.74 Å². The first-order chi connectivity index (χ1) is 8.69. The van der Waals surface area contributed by atoms with Crippen molar-refractivity contribution in [3.05, 3.63) is 12.4 Å². The maximum absolute atomic E-state index is 6.06. The van der Waals surface area contributed by atoms with Crippen molar-refractivity contribution in [1.82, 2.24) is 9.97 Å². The maximum Gasteiger partial charge on any atom is 0.218 e. The van der Waals surface area contributed by atoms with E-state index < -0.39 is 0 Å². The van der Waals surface area contributed by atoms with Crippen LogP contribution in [0.4, 0.5) is 5.82 Å². The van der Waals surface area contributed by atoms with Gasteiger partial charge in [-0.3, -0.25) is 0 Å². The number of rotatable bonds is 8. The van der Waals surface area contributed by atoms with Gasteiger partial charge >= 0.3 is 0 Å². The summed E-state index contributed by atoms with van der Waals surface area (Å²) in [6.45, 7) is 6.97. The number of nitrogens with zero attached hydrogens (tertiary/aromatic N) is 2. The number of hydrogen-bond donors (Lipinski definition) is 1. The molecule has 0 aliphatic heterocycles. The molecule has 0 bridgehead atoms. The lowest BCUT2D eigenvalue weighted by molar-refractivity contribution is 0.304. The van der Waals surface area contributed by atoms with Crippen LogP contribution in [0, 0.1) is 0 Å². The Morgan fingerprint density at radius 3 is 2.56 bits per heavy atom. The zero-order valence-electron chi connectivity index (χ0n) is 11.4. The van der Waals surface area contributed by atoms with Crippen molar-refractivity contribution >= 4 is 17.4 Å². The van der Waals surface area contributed by atoms with Gasteiger partial charge < -0.3 is 10.1 Å². The first-order valence-electron chi connectivity index (χ1n) is 6.48. The molecule has 1 rings (SSSR count). The molecule has 0 radical (unpaired) electrons.